The summed E-state index contributed by atoms with van der Waals surface area (Å²) in [5.41, 5.74) is 1.40. The lowest BCUT2D eigenvalue weighted by Gasteiger charge is -2.21. The van der Waals surface area contributed by atoms with E-state index < -0.39 is 0 Å². The van der Waals surface area contributed by atoms with Gasteiger partial charge in [-0.3, -0.25) is 0 Å². The molecule has 1 aliphatic rings. The van der Waals surface area contributed by atoms with Crippen LogP contribution in [0.5, 0.6) is 0 Å². The fourth-order valence-corrected chi connectivity index (χ4v) is 2.94. The van der Waals surface area contributed by atoms with E-state index >= 15 is 0 Å². The summed E-state index contributed by atoms with van der Waals surface area (Å²) in [6.07, 6.45) is 4.52. The fourth-order valence-electron chi connectivity index (χ4n) is 2.21. The largest absolute Gasteiger partial charge is 0.327 e. The van der Waals surface area contributed by atoms with Crippen LogP contribution in [0.2, 0.25) is 0 Å². The zero-order valence-corrected chi connectivity index (χ0v) is 9.63. The molecule has 0 saturated carbocycles. The Hall–Kier alpha value is -1.09. The maximum Gasteiger partial charge on any atom is 0.150 e. The number of fused-ring (bicyclic) bond motifs is 1. The number of hydrogen-bond acceptors (Lipinski definition) is 2. The van der Waals surface area contributed by atoms with Gasteiger partial charge in [-0.15, -0.1) is 11.3 Å². The van der Waals surface area contributed by atoms with Crippen molar-refractivity contribution in [1.82, 2.24) is 9.55 Å². The van der Waals surface area contributed by atoms with E-state index in [1.807, 2.05) is 6.20 Å². The Bertz CT molecular complexity index is 456. The van der Waals surface area contributed by atoms with Gasteiger partial charge in [0.2, 0.25) is 0 Å². The van der Waals surface area contributed by atoms with E-state index in [2.05, 4.69) is 34.0 Å². The van der Waals surface area contributed by atoms with Crippen molar-refractivity contribution in [2.75, 3.05) is 0 Å². The molecule has 2 aromatic heterocycles. The summed E-state index contributed by atoms with van der Waals surface area (Å²) in [7, 11) is 0. The molecule has 0 bridgehead atoms. The molecule has 3 rings (SSSR count). The normalized spacial score (nSPS) is 20.2. The Morgan fingerprint density at radius 3 is 3.27 bits per heavy atom. The van der Waals surface area contributed by atoms with Crippen LogP contribution in [-0.2, 0) is 13.0 Å². The minimum absolute atomic E-state index is 0.783. The molecule has 0 fully saturated rings. The minimum atomic E-state index is 0.783. The third-order valence-electron chi connectivity index (χ3n) is 3.07. The van der Waals surface area contributed by atoms with Crippen molar-refractivity contribution < 1.29 is 0 Å². The van der Waals surface area contributed by atoms with Crippen molar-refractivity contribution >= 4 is 11.3 Å². The van der Waals surface area contributed by atoms with Crippen LogP contribution in [0.4, 0.5) is 0 Å². The monoisotopic (exact) mass is 218 g/mol. The Labute approximate surface area is 93.6 Å². The van der Waals surface area contributed by atoms with Crippen LogP contribution in [0.1, 0.15) is 19.0 Å². The molecule has 1 atom stereocenters. The predicted octanol–water partition coefficient (Wildman–Crippen LogP) is 3.19. The van der Waals surface area contributed by atoms with Crippen molar-refractivity contribution in [3.63, 3.8) is 0 Å². The quantitative estimate of drug-likeness (QED) is 0.718. The molecule has 0 spiro atoms. The van der Waals surface area contributed by atoms with Crippen molar-refractivity contribution in [3.05, 3.63) is 29.4 Å². The van der Waals surface area contributed by atoms with Crippen molar-refractivity contribution in [1.29, 1.82) is 0 Å². The summed E-state index contributed by atoms with van der Waals surface area (Å²) in [5, 5.41) is 2.11. The molecular formula is C12H14N2S. The van der Waals surface area contributed by atoms with Gasteiger partial charge in [-0.05, 0) is 30.2 Å². The first-order valence-corrected chi connectivity index (χ1v) is 6.31. The Morgan fingerprint density at radius 2 is 2.47 bits per heavy atom. The van der Waals surface area contributed by atoms with Gasteiger partial charge in [-0.1, -0.05) is 13.0 Å². The smallest absolute Gasteiger partial charge is 0.150 e. The molecule has 0 amide bonds. The molecule has 3 heteroatoms. The minimum Gasteiger partial charge on any atom is -0.327 e. The zero-order valence-electron chi connectivity index (χ0n) is 8.81. The number of aryl methyl sites for hydroxylation is 1. The van der Waals surface area contributed by atoms with E-state index in [-0.39, 0.29) is 0 Å². The number of hydrogen-bond donors (Lipinski definition) is 0. The van der Waals surface area contributed by atoms with Gasteiger partial charge >= 0.3 is 0 Å². The topological polar surface area (TPSA) is 17.8 Å². The Balaban J connectivity index is 2.07. The molecule has 1 unspecified atom stereocenters. The molecule has 0 aliphatic carbocycles. The number of aromatic nitrogens is 2. The summed E-state index contributed by atoms with van der Waals surface area (Å²) in [6.45, 7) is 3.45. The molecule has 15 heavy (non-hydrogen) atoms. The lowest BCUT2D eigenvalue weighted by molar-refractivity contribution is 0.402. The van der Waals surface area contributed by atoms with E-state index in [1.165, 1.54) is 23.4 Å². The summed E-state index contributed by atoms with van der Waals surface area (Å²) in [5.74, 6) is 1.94. The highest BCUT2D eigenvalue weighted by molar-refractivity contribution is 7.13. The van der Waals surface area contributed by atoms with Crippen LogP contribution < -0.4 is 0 Å². The van der Waals surface area contributed by atoms with Gasteiger partial charge in [-0.25, -0.2) is 4.98 Å². The van der Waals surface area contributed by atoms with Gasteiger partial charge in [0, 0.05) is 18.4 Å². The predicted molar refractivity (Wildman–Crippen MR) is 63.0 cm³/mol. The first kappa shape index (κ1) is 9.16. The molecule has 3 heterocycles. The van der Waals surface area contributed by atoms with E-state index in [4.69, 9.17) is 0 Å². The highest BCUT2D eigenvalue weighted by Gasteiger charge is 2.19. The molecule has 78 valence electrons. The second-order valence-electron chi connectivity index (χ2n) is 4.30. The van der Waals surface area contributed by atoms with Gasteiger partial charge in [0.25, 0.3) is 0 Å². The van der Waals surface area contributed by atoms with Crippen LogP contribution >= 0.6 is 11.3 Å². The summed E-state index contributed by atoms with van der Waals surface area (Å²) in [6, 6.07) is 4.24. The van der Waals surface area contributed by atoms with Crippen LogP contribution in [-0.4, -0.2) is 9.55 Å². The van der Waals surface area contributed by atoms with Crippen LogP contribution in [0.15, 0.2) is 23.7 Å². The summed E-state index contributed by atoms with van der Waals surface area (Å²) >= 11 is 1.77. The number of imidazole rings is 1. The molecule has 0 aromatic carbocycles. The first-order valence-electron chi connectivity index (χ1n) is 5.43. The van der Waals surface area contributed by atoms with Crippen molar-refractivity contribution in [3.8, 4) is 10.7 Å². The van der Waals surface area contributed by atoms with E-state index in [0.717, 1.165) is 18.3 Å². The average molecular weight is 218 g/mol. The summed E-state index contributed by atoms with van der Waals surface area (Å²) in [4.78, 5) is 5.84. The molecule has 0 N–H and O–H groups in total. The third kappa shape index (κ3) is 1.51. The zero-order chi connectivity index (χ0) is 10.3. The van der Waals surface area contributed by atoms with Crippen molar-refractivity contribution in [2.45, 2.75) is 26.3 Å². The fraction of sp³-hybridized carbons (Fsp3) is 0.417. The number of nitrogens with zero attached hydrogens (tertiary/aromatic N) is 2. The standard InChI is InChI=1S/C12H14N2S/c1-9-4-5-10-7-13-12(14(10)8-9)11-3-2-6-15-11/h2-3,6-7,9H,4-5,8H2,1H3. The van der Waals surface area contributed by atoms with Crippen LogP contribution in [0.3, 0.4) is 0 Å². The lowest BCUT2D eigenvalue weighted by atomic mass is 10.0. The summed E-state index contributed by atoms with van der Waals surface area (Å²) < 4.78 is 2.39. The van der Waals surface area contributed by atoms with E-state index in [0.29, 0.717) is 0 Å². The SMILES string of the molecule is CC1CCc2cnc(-c3cccs3)n2C1. The van der Waals surface area contributed by atoms with E-state index in [9.17, 15) is 0 Å². The molecule has 0 radical (unpaired) electrons. The highest BCUT2D eigenvalue weighted by atomic mass is 32.1. The molecule has 0 saturated heterocycles. The molecule has 1 aliphatic heterocycles. The number of rotatable bonds is 1. The Kier molecular flexibility index (Phi) is 2.13. The van der Waals surface area contributed by atoms with Crippen LogP contribution in [0, 0.1) is 5.92 Å². The molecular weight excluding hydrogens is 204 g/mol. The molecule has 2 aromatic rings. The second kappa shape index (κ2) is 3.49. The average Bonchev–Trinajstić information content (AvgIpc) is 2.83. The van der Waals surface area contributed by atoms with E-state index in [1.54, 1.807) is 11.3 Å². The maximum absolute atomic E-state index is 4.55. The Morgan fingerprint density at radius 1 is 1.53 bits per heavy atom. The van der Waals surface area contributed by atoms with Crippen LogP contribution in [0.25, 0.3) is 10.7 Å². The van der Waals surface area contributed by atoms with Gasteiger partial charge in [0.05, 0.1) is 4.88 Å². The molecule has 2 nitrogen and oxygen atoms in total. The lowest BCUT2D eigenvalue weighted by Crippen LogP contribution is -2.17. The third-order valence-corrected chi connectivity index (χ3v) is 3.93. The number of thiophene rings is 1. The maximum atomic E-state index is 4.55. The van der Waals surface area contributed by atoms with Gasteiger partial charge < -0.3 is 4.57 Å². The first-order chi connectivity index (χ1) is 7.34. The van der Waals surface area contributed by atoms with Crippen molar-refractivity contribution in [2.24, 2.45) is 5.92 Å². The van der Waals surface area contributed by atoms with Gasteiger partial charge in [0.15, 0.2) is 0 Å². The second-order valence-corrected chi connectivity index (χ2v) is 5.25. The highest BCUT2D eigenvalue weighted by Crippen LogP contribution is 2.29. The van der Waals surface area contributed by atoms with Gasteiger partial charge in [0.1, 0.15) is 5.82 Å². The van der Waals surface area contributed by atoms with Gasteiger partial charge in [-0.2, -0.15) is 0 Å².